The Bertz CT molecular complexity index is 557. The second-order valence-corrected chi connectivity index (χ2v) is 5.79. The van der Waals surface area contributed by atoms with Crippen molar-refractivity contribution < 1.29 is 9.53 Å². The van der Waals surface area contributed by atoms with E-state index in [2.05, 4.69) is 26.2 Å². The van der Waals surface area contributed by atoms with Crippen molar-refractivity contribution in [2.75, 3.05) is 7.11 Å². The van der Waals surface area contributed by atoms with Crippen molar-refractivity contribution in [2.45, 2.75) is 6.54 Å². The third kappa shape index (κ3) is 3.08. The fourth-order valence-electron chi connectivity index (χ4n) is 1.44. The zero-order valence-corrected chi connectivity index (χ0v) is 12.0. The number of nitrogens with one attached hydrogen (secondary N) is 1. The lowest BCUT2D eigenvalue weighted by Gasteiger charge is -2.07. The Kier molecular flexibility index (Phi) is 4.33. The second kappa shape index (κ2) is 5.97. The average Bonchev–Trinajstić information content (AvgIpc) is 2.81. The van der Waals surface area contributed by atoms with Crippen LogP contribution in [0.3, 0.4) is 0 Å². The maximum absolute atomic E-state index is 12.0. The Morgan fingerprint density at radius 1 is 1.61 bits per heavy atom. The van der Waals surface area contributed by atoms with Gasteiger partial charge in [-0.1, -0.05) is 0 Å². The molecule has 0 radical (unpaired) electrons. The molecule has 0 aliphatic carbocycles. The van der Waals surface area contributed by atoms with Gasteiger partial charge in [0.2, 0.25) is 5.88 Å². The molecule has 1 N–H and O–H groups in total. The quantitative estimate of drug-likeness (QED) is 0.939. The van der Waals surface area contributed by atoms with Crippen LogP contribution in [0.25, 0.3) is 0 Å². The molecule has 0 atom stereocenters. The number of thiophene rings is 1. The standard InChI is InChI=1S/C12H11BrN2O2S/c1-17-12-9(3-2-4-14-12)11(16)15-6-8-5-10(13)18-7-8/h2-5,7H,6H2,1H3,(H,15,16). The molecule has 94 valence electrons. The monoisotopic (exact) mass is 326 g/mol. The first-order valence-electron chi connectivity index (χ1n) is 5.21. The summed E-state index contributed by atoms with van der Waals surface area (Å²) in [7, 11) is 1.50. The smallest absolute Gasteiger partial charge is 0.257 e. The van der Waals surface area contributed by atoms with E-state index in [0.29, 0.717) is 18.0 Å². The lowest BCUT2D eigenvalue weighted by atomic mass is 10.2. The highest BCUT2D eigenvalue weighted by Gasteiger charge is 2.12. The van der Waals surface area contributed by atoms with Crippen molar-refractivity contribution >= 4 is 33.2 Å². The highest BCUT2D eigenvalue weighted by Crippen LogP contribution is 2.20. The molecule has 0 aromatic carbocycles. The summed E-state index contributed by atoms with van der Waals surface area (Å²) in [6.07, 6.45) is 1.59. The minimum absolute atomic E-state index is 0.192. The molecule has 18 heavy (non-hydrogen) atoms. The number of pyridine rings is 1. The molecule has 2 aromatic heterocycles. The Morgan fingerprint density at radius 3 is 3.11 bits per heavy atom. The third-order valence-corrected chi connectivity index (χ3v) is 3.84. The van der Waals surface area contributed by atoms with Crippen LogP contribution in [0.15, 0.2) is 33.6 Å². The summed E-state index contributed by atoms with van der Waals surface area (Å²) < 4.78 is 6.09. The molecule has 2 aromatic rings. The predicted molar refractivity (Wildman–Crippen MR) is 74.0 cm³/mol. The van der Waals surface area contributed by atoms with Gasteiger partial charge in [0.05, 0.1) is 10.9 Å². The van der Waals surface area contributed by atoms with Crippen molar-refractivity contribution in [3.8, 4) is 5.88 Å². The summed E-state index contributed by atoms with van der Waals surface area (Å²) in [5, 5.41) is 4.82. The number of halogens is 1. The van der Waals surface area contributed by atoms with Crippen molar-refractivity contribution in [1.29, 1.82) is 0 Å². The first-order chi connectivity index (χ1) is 8.70. The number of ether oxygens (including phenoxy) is 1. The van der Waals surface area contributed by atoms with Crippen LogP contribution >= 0.6 is 27.3 Å². The lowest BCUT2D eigenvalue weighted by molar-refractivity contribution is 0.0947. The van der Waals surface area contributed by atoms with Gasteiger partial charge >= 0.3 is 0 Å². The third-order valence-electron chi connectivity index (χ3n) is 2.28. The van der Waals surface area contributed by atoms with E-state index in [1.165, 1.54) is 7.11 Å². The number of hydrogen-bond donors (Lipinski definition) is 1. The van der Waals surface area contributed by atoms with Gasteiger partial charge in [-0.2, -0.15) is 0 Å². The average molecular weight is 327 g/mol. The second-order valence-electron chi connectivity index (χ2n) is 3.50. The van der Waals surface area contributed by atoms with Crippen LogP contribution in [-0.4, -0.2) is 18.0 Å². The fourth-order valence-corrected chi connectivity index (χ4v) is 2.65. The Morgan fingerprint density at radius 2 is 2.44 bits per heavy atom. The zero-order chi connectivity index (χ0) is 13.0. The van der Waals surface area contributed by atoms with Crippen LogP contribution in [0.4, 0.5) is 0 Å². The summed E-state index contributed by atoms with van der Waals surface area (Å²) in [6, 6.07) is 5.37. The van der Waals surface area contributed by atoms with Gasteiger partial charge in [0.25, 0.3) is 5.91 Å². The molecular formula is C12H11BrN2O2S. The molecule has 4 nitrogen and oxygen atoms in total. The van der Waals surface area contributed by atoms with E-state index < -0.39 is 0 Å². The molecule has 0 saturated heterocycles. The number of rotatable bonds is 4. The molecule has 0 aliphatic rings. The zero-order valence-electron chi connectivity index (χ0n) is 9.64. The maximum atomic E-state index is 12.0. The minimum atomic E-state index is -0.192. The molecule has 2 rings (SSSR count). The first kappa shape index (κ1) is 13.0. The molecule has 0 saturated carbocycles. The van der Waals surface area contributed by atoms with Crippen LogP contribution in [0.1, 0.15) is 15.9 Å². The van der Waals surface area contributed by atoms with Gasteiger partial charge in [0.1, 0.15) is 5.56 Å². The van der Waals surface area contributed by atoms with Gasteiger partial charge in [-0.3, -0.25) is 4.79 Å². The van der Waals surface area contributed by atoms with Crippen molar-refractivity contribution in [3.63, 3.8) is 0 Å². The summed E-state index contributed by atoms with van der Waals surface area (Å²) in [5.74, 6) is 0.142. The van der Waals surface area contributed by atoms with Crippen LogP contribution in [0, 0.1) is 0 Å². The number of carbonyl (C=O) groups excluding carboxylic acids is 1. The van der Waals surface area contributed by atoms with E-state index in [-0.39, 0.29) is 5.91 Å². The van der Waals surface area contributed by atoms with E-state index in [9.17, 15) is 4.79 Å². The molecule has 0 fully saturated rings. The van der Waals surface area contributed by atoms with E-state index in [1.54, 1.807) is 29.7 Å². The predicted octanol–water partition coefficient (Wildman–Crippen LogP) is 2.84. The lowest BCUT2D eigenvalue weighted by Crippen LogP contribution is -2.23. The van der Waals surface area contributed by atoms with E-state index in [0.717, 1.165) is 9.35 Å². The van der Waals surface area contributed by atoms with Crippen LogP contribution < -0.4 is 10.1 Å². The molecular weight excluding hydrogens is 316 g/mol. The van der Waals surface area contributed by atoms with Gasteiger partial charge in [-0.15, -0.1) is 11.3 Å². The highest BCUT2D eigenvalue weighted by molar-refractivity contribution is 9.11. The maximum Gasteiger partial charge on any atom is 0.257 e. The number of hydrogen-bond acceptors (Lipinski definition) is 4. The summed E-state index contributed by atoms with van der Waals surface area (Å²) in [6.45, 7) is 0.485. The van der Waals surface area contributed by atoms with Crippen molar-refractivity contribution in [1.82, 2.24) is 10.3 Å². The normalized spacial score (nSPS) is 10.1. The number of methoxy groups -OCH3 is 1. The highest BCUT2D eigenvalue weighted by atomic mass is 79.9. The van der Waals surface area contributed by atoms with Gasteiger partial charge in [-0.25, -0.2) is 4.98 Å². The summed E-state index contributed by atoms with van der Waals surface area (Å²) in [4.78, 5) is 16.0. The van der Waals surface area contributed by atoms with E-state index >= 15 is 0 Å². The molecule has 1 amide bonds. The first-order valence-corrected chi connectivity index (χ1v) is 6.88. The topological polar surface area (TPSA) is 51.2 Å². The number of carbonyl (C=O) groups is 1. The Labute approximate surface area is 117 Å². The summed E-state index contributed by atoms with van der Waals surface area (Å²) in [5.41, 5.74) is 1.50. The van der Waals surface area contributed by atoms with Crippen LogP contribution in [-0.2, 0) is 6.54 Å². The molecule has 2 heterocycles. The number of nitrogens with zero attached hydrogens (tertiary/aromatic N) is 1. The molecule has 0 spiro atoms. The fraction of sp³-hybridized carbons (Fsp3) is 0.167. The largest absolute Gasteiger partial charge is 0.480 e. The van der Waals surface area contributed by atoms with Gasteiger partial charge in [0, 0.05) is 12.7 Å². The molecule has 6 heteroatoms. The molecule has 0 unspecified atom stereocenters. The Hall–Kier alpha value is -1.40. The van der Waals surface area contributed by atoms with Crippen molar-refractivity contribution in [2.24, 2.45) is 0 Å². The Balaban J connectivity index is 2.03. The van der Waals surface area contributed by atoms with Crippen LogP contribution in [0.2, 0.25) is 0 Å². The number of amides is 1. The SMILES string of the molecule is COc1ncccc1C(=O)NCc1csc(Br)c1. The number of aromatic nitrogens is 1. The van der Waals surface area contributed by atoms with Gasteiger partial charge in [0.15, 0.2) is 0 Å². The van der Waals surface area contributed by atoms with E-state index in [4.69, 9.17) is 4.74 Å². The molecule has 0 aliphatic heterocycles. The minimum Gasteiger partial charge on any atom is -0.480 e. The van der Waals surface area contributed by atoms with Crippen LogP contribution in [0.5, 0.6) is 5.88 Å². The summed E-state index contributed by atoms with van der Waals surface area (Å²) >= 11 is 4.97. The molecule has 0 bridgehead atoms. The van der Waals surface area contributed by atoms with Gasteiger partial charge in [-0.05, 0) is 45.1 Å². The van der Waals surface area contributed by atoms with E-state index in [1.807, 2.05) is 11.4 Å². The van der Waals surface area contributed by atoms with Gasteiger partial charge < -0.3 is 10.1 Å². The van der Waals surface area contributed by atoms with Crippen molar-refractivity contribution in [3.05, 3.63) is 44.7 Å².